The second-order valence-corrected chi connectivity index (χ2v) is 6.68. The van der Waals surface area contributed by atoms with Crippen LogP contribution in [0.4, 0.5) is 0 Å². The third-order valence-electron chi connectivity index (χ3n) is 4.12. The van der Waals surface area contributed by atoms with Gasteiger partial charge in [0, 0.05) is 17.5 Å². The van der Waals surface area contributed by atoms with Gasteiger partial charge in [0.1, 0.15) is 11.5 Å². The van der Waals surface area contributed by atoms with Crippen molar-refractivity contribution in [3.63, 3.8) is 0 Å². The Balaban J connectivity index is 1.87. The maximum atomic E-state index is 12.4. The Kier molecular flexibility index (Phi) is 3.75. The number of hydrogen-bond donors (Lipinski definition) is 2. The number of nitrogens with one attached hydrogen (secondary N) is 1. The Morgan fingerprint density at radius 3 is 2.87 bits per heavy atom. The van der Waals surface area contributed by atoms with Gasteiger partial charge in [0.05, 0.1) is 18.5 Å². The van der Waals surface area contributed by atoms with Gasteiger partial charge in [-0.2, -0.15) is 0 Å². The van der Waals surface area contributed by atoms with Crippen LogP contribution in [-0.2, 0) is 13.0 Å². The van der Waals surface area contributed by atoms with E-state index in [0.29, 0.717) is 42.2 Å². The van der Waals surface area contributed by atoms with Gasteiger partial charge in [-0.25, -0.2) is 0 Å². The van der Waals surface area contributed by atoms with Crippen molar-refractivity contribution in [2.45, 2.75) is 40.2 Å². The number of rotatable bonds is 3. The van der Waals surface area contributed by atoms with Crippen molar-refractivity contribution >= 4 is 11.6 Å². The van der Waals surface area contributed by atoms with Crippen molar-refractivity contribution in [3.8, 4) is 0 Å². The molecule has 2 heterocycles. The molecule has 0 aromatic carbocycles. The second kappa shape index (κ2) is 5.61. The van der Waals surface area contributed by atoms with Crippen LogP contribution in [0.5, 0.6) is 0 Å². The Bertz CT molecular complexity index is 754. The minimum atomic E-state index is -0.302. The summed E-state index contributed by atoms with van der Waals surface area (Å²) in [5.74, 6) is 1.34. The molecule has 6 nitrogen and oxygen atoms in total. The molecular weight excluding hydrogens is 296 g/mol. The first-order valence-corrected chi connectivity index (χ1v) is 7.55. The van der Waals surface area contributed by atoms with Gasteiger partial charge in [0.15, 0.2) is 5.76 Å². The van der Waals surface area contributed by atoms with E-state index in [1.807, 2.05) is 6.92 Å². The SMILES string of the molecule is Cc1c(C(=O)NCc2ccco2)oc2c1/C(=N/O)CC(C)(C)C2. The fraction of sp³-hybridized carbons (Fsp3) is 0.412. The van der Waals surface area contributed by atoms with Crippen LogP contribution < -0.4 is 5.32 Å². The van der Waals surface area contributed by atoms with E-state index in [2.05, 4.69) is 24.3 Å². The second-order valence-electron chi connectivity index (χ2n) is 6.68. The number of fused-ring (bicyclic) bond motifs is 1. The average molecular weight is 316 g/mol. The van der Waals surface area contributed by atoms with Crippen LogP contribution in [0.15, 0.2) is 32.4 Å². The minimum Gasteiger partial charge on any atom is -0.467 e. The molecule has 0 bridgehead atoms. The quantitative estimate of drug-likeness (QED) is 0.672. The minimum absolute atomic E-state index is 0.0687. The zero-order valence-electron chi connectivity index (χ0n) is 13.5. The van der Waals surface area contributed by atoms with E-state index < -0.39 is 0 Å². The molecule has 0 radical (unpaired) electrons. The Morgan fingerprint density at radius 2 is 2.22 bits per heavy atom. The third-order valence-corrected chi connectivity index (χ3v) is 4.12. The standard InChI is InChI=1S/C17H20N2O4/c1-10-14-12(19-21)7-17(2,3)8-13(14)23-15(10)16(20)18-9-11-5-4-6-22-11/h4-6,21H,7-9H2,1-3H3,(H,18,20)/b19-12+. The molecule has 0 saturated heterocycles. The van der Waals surface area contributed by atoms with Gasteiger partial charge in [-0.15, -0.1) is 0 Å². The lowest BCUT2D eigenvalue weighted by atomic mass is 9.75. The lowest BCUT2D eigenvalue weighted by Gasteiger charge is -2.28. The molecule has 1 aliphatic rings. The molecule has 0 spiro atoms. The molecule has 0 fully saturated rings. The van der Waals surface area contributed by atoms with Crippen LogP contribution in [0.2, 0.25) is 0 Å². The molecule has 2 aromatic heterocycles. The molecule has 122 valence electrons. The van der Waals surface area contributed by atoms with E-state index in [1.165, 1.54) is 0 Å². The molecule has 6 heteroatoms. The first-order chi connectivity index (χ1) is 10.9. The van der Waals surface area contributed by atoms with Gasteiger partial charge in [0.25, 0.3) is 5.91 Å². The number of carbonyl (C=O) groups is 1. The summed E-state index contributed by atoms with van der Waals surface area (Å²) < 4.78 is 11.0. The fourth-order valence-electron chi connectivity index (χ4n) is 3.08. The van der Waals surface area contributed by atoms with Crippen molar-refractivity contribution in [2.75, 3.05) is 0 Å². The summed E-state index contributed by atoms with van der Waals surface area (Å²) in [5, 5.41) is 15.5. The van der Waals surface area contributed by atoms with Crippen molar-refractivity contribution < 1.29 is 18.8 Å². The third kappa shape index (κ3) is 2.88. The van der Waals surface area contributed by atoms with E-state index >= 15 is 0 Å². The molecule has 0 saturated carbocycles. The Labute approximate surface area is 134 Å². The molecule has 0 atom stereocenters. The van der Waals surface area contributed by atoms with Crippen molar-refractivity contribution in [3.05, 3.63) is 46.8 Å². The molecule has 1 aliphatic carbocycles. The molecule has 0 unspecified atom stereocenters. The van der Waals surface area contributed by atoms with Crippen LogP contribution in [0.25, 0.3) is 0 Å². The summed E-state index contributed by atoms with van der Waals surface area (Å²) in [6.45, 7) is 6.27. The monoisotopic (exact) mass is 316 g/mol. The summed E-state index contributed by atoms with van der Waals surface area (Å²) in [6.07, 6.45) is 2.91. The van der Waals surface area contributed by atoms with Crippen molar-refractivity contribution in [2.24, 2.45) is 10.6 Å². The fourth-order valence-corrected chi connectivity index (χ4v) is 3.08. The van der Waals surface area contributed by atoms with Gasteiger partial charge < -0.3 is 19.4 Å². The first kappa shape index (κ1) is 15.4. The lowest BCUT2D eigenvalue weighted by Crippen LogP contribution is -2.27. The zero-order chi connectivity index (χ0) is 16.6. The largest absolute Gasteiger partial charge is 0.467 e. The summed E-state index contributed by atoms with van der Waals surface area (Å²) in [5.41, 5.74) is 1.97. The normalized spacial score (nSPS) is 18.0. The van der Waals surface area contributed by atoms with Crippen LogP contribution in [-0.4, -0.2) is 16.8 Å². The van der Waals surface area contributed by atoms with E-state index in [4.69, 9.17) is 8.83 Å². The molecular formula is C17H20N2O4. The summed E-state index contributed by atoms with van der Waals surface area (Å²) in [6, 6.07) is 3.56. The predicted molar refractivity (Wildman–Crippen MR) is 83.7 cm³/mol. The summed E-state index contributed by atoms with van der Waals surface area (Å²) >= 11 is 0. The molecule has 0 aliphatic heterocycles. The molecule has 2 aromatic rings. The Hall–Kier alpha value is -2.50. The highest BCUT2D eigenvalue weighted by atomic mass is 16.4. The molecule has 3 rings (SSSR count). The Morgan fingerprint density at radius 1 is 1.43 bits per heavy atom. The predicted octanol–water partition coefficient (Wildman–Crippen LogP) is 3.26. The lowest BCUT2D eigenvalue weighted by molar-refractivity contribution is 0.0916. The van der Waals surface area contributed by atoms with Gasteiger partial charge in [-0.05, 0) is 30.9 Å². The van der Waals surface area contributed by atoms with Gasteiger partial charge in [-0.1, -0.05) is 19.0 Å². The van der Waals surface area contributed by atoms with Crippen molar-refractivity contribution in [1.29, 1.82) is 0 Å². The molecule has 23 heavy (non-hydrogen) atoms. The van der Waals surface area contributed by atoms with Gasteiger partial charge in [0.2, 0.25) is 0 Å². The topological polar surface area (TPSA) is 88.0 Å². The van der Waals surface area contributed by atoms with Gasteiger partial charge in [-0.3, -0.25) is 4.79 Å². The summed E-state index contributed by atoms with van der Waals surface area (Å²) in [7, 11) is 0. The number of hydrogen-bond acceptors (Lipinski definition) is 5. The number of carbonyl (C=O) groups excluding carboxylic acids is 1. The number of oxime groups is 1. The van der Waals surface area contributed by atoms with E-state index in [9.17, 15) is 10.0 Å². The number of nitrogens with zero attached hydrogens (tertiary/aromatic N) is 1. The zero-order valence-corrected chi connectivity index (χ0v) is 13.5. The average Bonchev–Trinajstić information content (AvgIpc) is 3.11. The number of furan rings is 2. The summed E-state index contributed by atoms with van der Waals surface area (Å²) in [4.78, 5) is 12.4. The smallest absolute Gasteiger partial charge is 0.287 e. The maximum Gasteiger partial charge on any atom is 0.287 e. The van der Waals surface area contributed by atoms with Crippen molar-refractivity contribution in [1.82, 2.24) is 5.32 Å². The maximum absolute atomic E-state index is 12.4. The number of amides is 1. The molecule has 2 N–H and O–H groups in total. The van der Waals surface area contributed by atoms with E-state index in [1.54, 1.807) is 18.4 Å². The van der Waals surface area contributed by atoms with E-state index in [0.717, 1.165) is 5.56 Å². The van der Waals surface area contributed by atoms with Crippen LogP contribution in [0.1, 0.15) is 53.5 Å². The molecule has 1 amide bonds. The van der Waals surface area contributed by atoms with Crippen LogP contribution in [0, 0.1) is 12.3 Å². The van der Waals surface area contributed by atoms with Gasteiger partial charge >= 0.3 is 0 Å². The highest BCUT2D eigenvalue weighted by Gasteiger charge is 2.36. The highest BCUT2D eigenvalue weighted by molar-refractivity contribution is 6.06. The first-order valence-electron chi connectivity index (χ1n) is 7.55. The van der Waals surface area contributed by atoms with Crippen LogP contribution in [0.3, 0.4) is 0 Å². The van der Waals surface area contributed by atoms with Crippen LogP contribution >= 0.6 is 0 Å². The highest BCUT2D eigenvalue weighted by Crippen LogP contribution is 2.38. The van der Waals surface area contributed by atoms with E-state index in [-0.39, 0.29) is 17.1 Å².